The Hall–Kier alpha value is -1.14. The first-order chi connectivity index (χ1) is 16.5. The van der Waals surface area contributed by atoms with Crippen molar-refractivity contribution in [2.75, 3.05) is 13.1 Å². The van der Waals surface area contributed by atoms with E-state index in [4.69, 9.17) is 0 Å². The number of aliphatic hydroxyl groups is 2. The number of carbonyl (C=O) groups excluding carboxylic acids is 1. The lowest BCUT2D eigenvalue weighted by Gasteiger charge is -2.62. The summed E-state index contributed by atoms with van der Waals surface area (Å²) in [6, 6.07) is 0. The zero-order valence-corrected chi connectivity index (χ0v) is 22.0. The molecule has 1 unspecified atom stereocenters. The number of nitrogens with zero attached hydrogens (tertiary/aromatic N) is 1. The number of fused-ring (bicyclic) bond motifs is 5. The van der Waals surface area contributed by atoms with Crippen molar-refractivity contribution in [1.82, 2.24) is 4.90 Å². The molecule has 5 aliphatic rings. The fourth-order valence-electron chi connectivity index (χ4n) is 10.1. The number of amides is 1. The van der Waals surface area contributed by atoms with Crippen LogP contribution in [-0.4, -0.2) is 57.4 Å². The molecular weight excluding hydrogens is 442 g/mol. The minimum Gasteiger partial charge on any atom is -0.481 e. The topological polar surface area (TPSA) is 98.1 Å². The minimum atomic E-state index is -0.788. The summed E-state index contributed by atoms with van der Waals surface area (Å²) in [7, 11) is 0. The highest BCUT2D eigenvalue weighted by atomic mass is 16.4. The third-order valence-electron chi connectivity index (χ3n) is 12.1. The molecule has 5 fully saturated rings. The second-order valence-corrected chi connectivity index (χ2v) is 13.6. The molecule has 3 N–H and O–H groups in total. The van der Waals surface area contributed by atoms with Crippen LogP contribution in [0, 0.1) is 52.3 Å². The van der Waals surface area contributed by atoms with Gasteiger partial charge in [-0.05, 0) is 111 Å². The van der Waals surface area contributed by atoms with Crippen LogP contribution in [0.15, 0.2) is 0 Å². The number of aliphatic hydroxyl groups excluding tert-OH is 2. The lowest BCUT2D eigenvalue weighted by molar-refractivity contribution is -0.174. The Kier molecular flexibility index (Phi) is 6.78. The molecule has 35 heavy (non-hydrogen) atoms. The largest absolute Gasteiger partial charge is 0.481 e. The van der Waals surface area contributed by atoms with Gasteiger partial charge in [0.25, 0.3) is 0 Å². The van der Waals surface area contributed by atoms with Crippen molar-refractivity contribution in [2.24, 2.45) is 52.3 Å². The molecule has 6 nitrogen and oxygen atoms in total. The van der Waals surface area contributed by atoms with Crippen molar-refractivity contribution >= 4 is 11.9 Å². The smallest absolute Gasteiger partial charge is 0.308 e. The predicted molar refractivity (Wildman–Crippen MR) is 133 cm³/mol. The fourth-order valence-corrected chi connectivity index (χ4v) is 10.1. The molecule has 0 aromatic heterocycles. The van der Waals surface area contributed by atoms with Gasteiger partial charge in [-0.3, -0.25) is 9.59 Å². The van der Waals surface area contributed by atoms with Gasteiger partial charge in [-0.15, -0.1) is 0 Å². The van der Waals surface area contributed by atoms with E-state index in [9.17, 15) is 24.9 Å². The predicted octanol–water partition coefficient (Wildman–Crippen LogP) is 4.33. The van der Waals surface area contributed by atoms with Crippen molar-refractivity contribution in [3.05, 3.63) is 0 Å². The summed E-state index contributed by atoms with van der Waals surface area (Å²) in [5.74, 6) is 1.90. The molecule has 6 heteroatoms. The molecule has 198 valence electrons. The molecule has 0 aromatic rings. The van der Waals surface area contributed by atoms with E-state index in [1.807, 2.05) is 0 Å². The van der Waals surface area contributed by atoms with Crippen LogP contribution in [0.5, 0.6) is 0 Å². The maximum atomic E-state index is 12.8. The summed E-state index contributed by atoms with van der Waals surface area (Å²) in [6.07, 6.45) is 10.0. The third-order valence-corrected chi connectivity index (χ3v) is 12.1. The Morgan fingerprint density at radius 3 is 2.40 bits per heavy atom. The van der Waals surface area contributed by atoms with E-state index >= 15 is 0 Å². The molecule has 0 aromatic carbocycles. The maximum absolute atomic E-state index is 12.8. The van der Waals surface area contributed by atoms with Gasteiger partial charge in [-0.1, -0.05) is 20.8 Å². The summed E-state index contributed by atoms with van der Waals surface area (Å²) in [6.45, 7) is 8.20. The van der Waals surface area contributed by atoms with Crippen molar-refractivity contribution in [1.29, 1.82) is 0 Å². The van der Waals surface area contributed by atoms with Gasteiger partial charge in [-0.25, -0.2) is 0 Å². The molecule has 1 aliphatic heterocycles. The quantitative estimate of drug-likeness (QED) is 0.534. The first kappa shape index (κ1) is 25.5. The van der Waals surface area contributed by atoms with Crippen LogP contribution in [0.1, 0.15) is 91.4 Å². The number of likely N-dealkylation sites (tertiary alicyclic amines) is 1. The summed E-state index contributed by atoms with van der Waals surface area (Å²) in [5.41, 5.74) is 0.480. The van der Waals surface area contributed by atoms with Crippen LogP contribution in [0.3, 0.4) is 0 Å². The number of hydrogen-bond acceptors (Lipinski definition) is 4. The highest BCUT2D eigenvalue weighted by Crippen LogP contribution is 2.68. The van der Waals surface area contributed by atoms with E-state index in [0.29, 0.717) is 61.4 Å². The molecule has 5 rings (SSSR count). The van der Waals surface area contributed by atoms with Crippen LogP contribution in [0.2, 0.25) is 0 Å². The SMILES string of the molecule is C[C@H](CCC(=O)N1CCC(C(=O)O)C1)[C@H]1CC[C@H]2[C@@H]3[C@@H](O)C[C@@H]4C[C@H](O)CC[C@]4(C)[C@H]3CC[C@]12C. The van der Waals surface area contributed by atoms with E-state index in [1.165, 1.54) is 25.7 Å². The molecule has 1 heterocycles. The van der Waals surface area contributed by atoms with Gasteiger partial charge in [0, 0.05) is 19.5 Å². The van der Waals surface area contributed by atoms with Gasteiger partial charge in [0.15, 0.2) is 0 Å². The Balaban J connectivity index is 1.23. The maximum Gasteiger partial charge on any atom is 0.308 e. The highest BCUT2D eigenvalue weighted by molar-refractivity contribution is 5.78. The van der Waals surface area contributed by atoms with Gasteiger partial charge >= 0.3 is 5.97 Å². The van der Waals surface area contributed by atoms with Crippen LogP contribution >= 0.6 is 0 Å². The number of carbonyl (C=O) groups is 2. The van der Waals surface area contributed by atoms with E-state index in [-0.39, 0.29) is 28.9 Å². The zero-order chi connectivity index (χ0) is 25.1. The number of aliphatic carboxylic acids is 1. The van der Waals surface area contributed by atoms with E-state index in [2.05, 4.69) is 20.8 Å². The number of carboxylic acids is 1. The summed E-state index contributed by atoms with van der Waals surface area (Å²) in [4.78, 5) is 25.8. The Morgan fingerprint density at radius 1 is 0.971 bits per heavy atom. The fraction of sp³-hybridized carbons (Fsp3) is 0.931. The van der Waals surface area contributed by atoms with Crippen molar-refractivity contribution in [3.63, 3.8) is 0 Å². The van der Waals surface area contributed by atoms with Crippen LogP contribution in [0.25, 0.3) is 0 Å². The van der Waals surface area contributed by atoms with Crippen LogP contribution in [-0.2, 0) is 9.59 Å². The number of hydrogen-bond donors (Lipinski definition) is 3. The minimum absolute atomic E-state index is 0.116. The molecule has 4 saturated carbocycles. The van der Waals surface area contributed by atoms with Crippen molar-refractivity contribution < 1.29 is 24.9 Å². The first-order valence-electron chi connectivity index (χ1n) is 14.4. The lowest BCUT2D eigenvalue weighted by atomic mass is 9.43. The van der Waals surface area contributed by atoms with Crippen LogP contribution < -0.4 is 0 Å². The molecule has 0 radical (unpaired) electrons. The van der Waals surface area contributed by atoms with Gasteiger partial charge in [0.1, 0.15) is 0 Å². The number of rotatable bonds is 5. The Morgan fingerprint density at radius 2 is 1.69 bits per heavy atom. The average Bonchev–Trinajstić information content (AvgIpc) is 3.43. The molecule has 11 atom stereocenters. The van der Waals surface area contributed by atoms with Gasteiger partial charge in [0.2, 0.25) is 5.91 Å². The first-order valence-corrected chi connectivity index (χ1v) is 14.4. The molecular formula is C29H47NO5. The summed E-state index contributed by atoms with van der Waals surface area (Å²) in [5, 5.41) is 30.9. The summed E-state index contributed by atoms with van der Waals surface area (Å²) < 4.78 is 0. The van der Waals surface area contributed by atoms with E-state index < -0.39 is 11.9 Å². The Bertz CT molecular complexity index is 832. The van der Waals surface area contributed by atoms with Gasteiger partial charge in [-0.2, -0.15) is 0 Å². The second kappa shape index (κ2) is 9.31. The van der Waals surface area contributed by atoms with Crippen molar-refractivity contribution in [2.45, 2.75) is 104 Å². The standard InChI is InChI=1S/C29H47NO5/c1-17(4-7-25(33)30-13-10-18(16-30)27(34)35)21-5-6-22-26-23(9-12-29(21,22)3)28(2)11-8-20(31)14-19(28)15-24(26)32/h17-24,26,31-32H,4-16H2,1-3H3,(H,34,35)/t17-,18?,19+,20-,21-,22+,23+,24+,26+,28+,29-/m1/s1. The lowest BCUT2D eigenvalue weighted by Crippen LogP contribution is -2.58. The molecule has 0 spiro atoms. The van der Waals surface area contributed by atoms with Gasteiger partial charge < -0.3 is 20.2 Å². The average molecular weight is 490 g/mol. The molecule has 1 amide bonds. The van der Waals surface area contributed by atoms with Gasteiger partial charge in [0.05, 0.1) is 18.1 Å². The van der Waals surface area contributed by atoms with E-state index in [1.54, 1.807) is 4.90 Å². The highest BCUT2D eigenvalue weighted by Gasteiger charge is 2.62. The second-order valence-electron chi connectivity index (χ2n) is 13.6. The monoisotopic (exact) mass is 489 g/mol. The molecule has 1 saturated heterocycles. The Labute approximate surface area is 210 Å². The molecule has 0 bridgehead atoms. The van der Waals surface area contributed by atoms with E-state index in [0.717, 1.165) is 32.1 Å². The van der Waals surface area contributed by atoms with Crippen LogP contribution in [0.4, 0.5) is 0 Å². The summed E-state index contributed by atoms with van der Waals surface area (Å²) >= 11 is 0. The number of carboxylic acid groups (broad SMARTS) is 1. The third kappa shape index (κ3) is 4.24. The van der Waals surface area contributed by atoms with Crippen molar-refractivity contribution in [3.8, 4) is 0 Å². The zero-order valence-electron chi connectivity index (χ0n) is 22.0. The normalized spacial score (nSPS) is 48.1. The molecule has 4 aliphatic carbocycles.